The van der Waals surface area contributed by atoms with E-state index in [1.54, 1.807) is 0 Å². The molecule has 1 aliphatic carbocycles. The fourth-order valence-electron chi connectivity index (χ4n) is 5.21. The van der Waals surface area contributed by atoms with E-state index in [2.05, 4.69) is 41.0 Å². The van der Waals surface area contributed by atoms with Gasteiger partial charge in [-0.15, -0.1) is 0 Å². The number of hydrogen-bond acceptors (Lipinski definition) is 2. The van der Waals surface area contributed by atoms with Crippen molar-refractivity contribution < 1.29 is 4.79 Å². The Labute approximate surface area is 152 Å². The molecule has 0 spiro atoms. The monoisotopic (exact) mass is 340 g/mol. The van der Waals surface area contributed by atoms with Gasteiger partial charge in [0.25, 0.3) is 0 Å². The first-order valence-corrected chi connectivity index (χ1v) is 10.3. The average molecular weight is 341 g/mol. The van der Waals surface area contributed by atoms with E-state index in [0.717, 1.165) is 51.2 Å². The zero-order valence-electron chi connectivity index (χ0n) is 15.7. The van der Waals surface area contributed by atoms with Crippen LogP contribution in [0, 0.1) is 11.3 Å². The van der Waals surface area contributed by atoms with Gasteiger partial charge in [0.05, 0.1) is 0 Å². The molecule has 4 rings (SSSR count). The fraction of sp³-hybridized carbons (Fsp3) is 0.682. The topological polar surface area (TPSA) is 23.6 Å². The van der Waals surface area contributed by atoms with Gasteiger partial charge in [-0.2, -0.15) is 0 Å². The predicted octanol–water partition coefficient (Wildman–Crippen LogP) is 4.26. The lowest BCUT2D eigenvalue weighted by Crippen LogP contribution is -2.51. The van der Waals surface area contributed by atoms with Gasteiger partial charge in [-0.3, -0.25) is 4.79 Å². The summed E-state index contributed by atoms with van der Waals surface area (Å²) < 4.78 is 0. The molecule has 1 saturated heterocycles. The van der Waals surface area contributed by atoms with Gasteiger partial charge in [-0.25, -0.2) is 0 Å². The van der Waals surface area contributed by atoms with Crippen molar-refractivity contribution in [3.05, 3.63) is 29.8 Å². The quantitative estimate of drug-likeness (QED) is 0.800. The molecule has 0 aromatic heterocycles. The Bertz CT molecular complexity index is 614. The second kappa shape index (κ2) is 7.01. The molecule has 1 aromatic rings. The molecular formula is C22H32N2O. The van der Waals surface area contributed by atoms with Crippen LogP contribution in [0.4, 0.5) is 5.69 Å². The van der Waals surface area contributed by atoms with Crippen LogP contribution in [0.5, 0.6) is 0 Å². The van der Waals surface area contributed by atoms with E-state index in [0.29, 0.717) is 5.91 Å². The number of carbonyl (C=O) groups excluding carboxylic acids is 1. The molecule has 1 amide bonds. The third-order valence-electron chi connectivity index (χ3n) is 6.86. The van der Waals surface area contributed by atoms with Gasteiger partial charge in [0, 0.05) is 37.3 Å². The van der Waals surface area contributed by atoms with Crippen LogP contribution in [0.15, 0.2) is 24.3 Å². The molecule has 3 nitrogen and oxygen atoms in total. The Morgan fingerprint density at radius 2 is 1.92 bits per heavy atom. The Balaban J connectivity index is 1.31. The van der Waals surface area contributed by atoms with E-state index in [9.17, 15) is 4.79 Å². The summed E-state index contributed by atoms with van der Waals surface area (Å²) in [5.74, 6) is 1.21. The van der Waals surface area contributed by atoms with Gasteiger partial charge in [0.15, 0.2) is 0 Å². The number of para-hydroxylation sites is 1. The van der Waals surface area contributed by atoms with Crippen molar-refractivity contribution >= 4 is 11.6 Å². The lowest BCUT2D eigenvalue weighted by molar-refractivity contribution is -0.149. The number of nitrogens with zero attached hydrogens (tertiary/aromatic N) is 2. The molecule has 3 aliphatic rings. The van der Waals surface area contributed by atoms with Crippen molar-refractivity contribution in [1.82, 2.24) is 4.90 Å². The number of fused-ring (bicyclic) bond motifs is 1. The summed E-state index contributed by atoms with van der Waals surface area (Å²) in [5.41, 5.74) is 2.97. The number of carbonyl (C=O) groups is 1. The number of amides is 1. The Kier molecular flexibility index (Phi) is 4.75. The van der Waals surface area contributed by atoms with Gasteiger partial charge < -0.3 is 9.80 Å². The molecule has 1 saturated carbocycles. The number of piperidine rings is 1. The van der Waals surface area contributed by atoms with Gasteiger partial charge >= 0.3 is 0 Å². The van der Waals surface area contributed by atoms with Crippen LogP contribution >= 0.6 is 0 Å². The molecule has 1 aromatic carbocycles. The first kappa shape index (κ1) is 16.9. The number of likely N-dealkylation sites (tertiary alicyclic amines) is 1. The number of benzene rings is 1. The minimum absolute atomic E-state index is 0.0233. The molecule has 2 fully saturated rings. The predicted molar refractivity (Wildman–Crippen MR) is 103 cm³/mol. The van der Waals surface area contributed by atoms with Gasteiger partial charge in [0.1, 0.15) is 0 Å². The zero-order valence-corrected chi connectivity index (χ0v) is 15.7. The van der Waals surface area contributed by atoms with Crippen molar-refractivity contribution in [2.75, 3.05) is 31.1 Å². The summed E-state index contributed by atoms with van der Waals surface area (Å²) in [6.45, 7) is 6.50. The molecule has 25 heavy (non-hydrogen) atoms. The average Bonchev–Trinajstić information content (AvgIpc) is 3.01. The van der Waals surface area contributed by atoms with Crippen LogP contribution in [0.2, 0.25) is 0 Å². The van der Waals surface area contributed by atoms with Crippen LogP contribution < -0.4 is 4.90 Å². The highest BCUT2D eigenvalue weighted by Gasteiger charge is 2.45. The SMILES string of the molecule is CCCC1(C(=O)N2CCC(CN3CCc4ccccc43)CC2)CCC1. The lowest BCUT2D eigenvalue weighted by Gasteiger charge is -2.45. The van der Waals surface area contributed by atoms with Crippen molar-refractivity contribution in [2.45, 2.75) is 58.3 Å². The highest BCUT2D eigenvalue weighted by Crippen LogP contribution is 2.46. The minimum atomic E-state index is 0.0233. The summed E-state index contributed by atoms with van der Waals surface area (Å²) in [5, 5.41) is 0. The fourth-order valence-corrected chi connectivity index (χ4v) is 5.21. The normalized spacial score (nSPS) is 22.6. The third kappa shape index (κ3) is 3.18. The smallest absolute Gasteiger partial charge is 0.228 e. The van der Waals surface area contributed by atoms with Gasteiger partial charge in [-0.1, -0.05) is 38.0 Å². The lowest BCUT2D eigenvalue weighted by atomic mass is 9.65. The van der Waals surface area contributed by atoms with E-state index in [4.69, 9.17) is 0 Å². The van der Waals surface area contributed by atoms with Crippen LogP contribution in [0.1, 0.15) is 57.4 Å². The summed E-state index contributed by atoms with van der Waals surface area (Å²) in [7, 11) is 0. The van der Waals surface area contributed by atoms with Gasteiger partial charge in [-0.05, 0) is 56.1 Å². The molecule has 0 radical (unpaired) electrons. The molecule has 0 bridgehead atoms. The number of rotatable bonds is 5. The summed E-state index contributed by atoms with van der Waals surface area (Å²) in [6.07, 6.45) is 9.27. The first-order chi connectivity index (χ1) is 12.2. The van der Waals surface area contributed by atoms with Crippen molar-refractivity contribution in [1.29, 1.82) is 0 Å². The van der Waals surface area contributed by atoms with E-state index in [1.165, 1.54) is 43.5 Å². The Hall–Kier alpha value is -1.51. The second-order valence-corrected chi connectivity index (χ2v) is 8.44. The molecular weight excluding hydrogens is 308 g/mol. The van der Waals surface area contributed by atoms with Crippen molar-refractivity contribution in [2.24, 2.45) is 11.3 Å². The van der Waals surface area contributed by atoms with Crippen LogP contribution in [0.3, 0.4) is 0 Å². The molecule has 136 valence electrons. The maximum atomic E-state index is 13.0. The minimum Gasteiger partial charge on any atom is -0.371 e. The van der Waals surface area contributed by atoms with Crippen molar-refractivity contribution in [3.8, 4) is 0 Å². The highest BCUT2D eigenvalue weighted by molar-refractivity contribution is 5.83. The standard InChI is InChI=1S/C22H32N2O/c1-2-11-22(12-5-13-22)21(25)23-14-8-18(9-15-23)17-24-16-10-19-6-3-4-7-20(19)24/h3-4,6-7,18H,2,5,8-17H2,1H3. The zero-order chi connectivity index (χ0) is 17.3. The molecule has 2 heterocycles. The highest BCUT2D eigenvalue weighted by atomic mass is 16.2. The maximum absolute atomic E-state index is 13.0. The van der Waals surface area contributed by atoms with Crippen LogP contribution in [-0.2, 0) is 11.2 Å². The van der Waals surface area contributed by atoms with Crippen LogP contribution in [0.25, 0.3) is 0 Å². The van der Waals surface area contributed by atoms with Gasteiger partial charge in [0.2, 0.25) is 5.91 Å². The van der Waals surface area contributed by atoms with Crippen molar-refractivity contribution in [3.63, 3.8) is 0 Å². The largest absolute Gasteiger partial charge is 0.371 e. The maximum Gasteiger partial charge on any atom is 0.228 e. The van der Waals surface area contributed by atoms with E-state index >= 15 is 0 Å². The molecule has 0 unspecified atom stereocenters. The second-order valence-electron chi connectivity index (χ2n) is 8.44. The summed E-state index contributed by atoms with van der Waals surface area (Å²) in [6, 6.07) is 8.84. The molecule has 3 heteroatoms. The van der Waals surface area contributed by atoms with E-state index < -0.39 is 0 Å². The first-order valence-electron chi connectivity index (χ1n) is 10.3. The van der Waals surface area contributed by atoms with Crippen LogP contribution in [-0.4, -0.2) is 37.0 Å². The molecule has 2 aliphatic heterocycles. The Morgan fingerprint density at radius 3 is 2.60 bits per heavy atom. The summed E-state index contributed by atoms with van der Waals surface area (Å²) in [4.78, 5) is 17.8. The summed E-state index contributed by atoms with van der Waals surface area (Å²) >= 11 is 0. The third-order valence-corrected chi connectivity index (χ3v) is 6.86. The number of hydrogen-bond donors (Lipinski definition) is 0. The van der Waals surface area contributed by atoms with E-state index in [1.807, 2.05) is 0 Å². The number of anilines is 1. The Morgan fingerprint density at radius 1 is 1.16 bits per heavy atom. The molecule has 0 N–H and O–H groups in total. The van der Waals surface area contributed by atoms with E-state index in [-0.39, 0.29) is 5.41 Å². The molecule has 0 atom stereocenters.